The summed E-state index contributed by atoms with van der Waals surface area (Å²) in [7, 11) is 1.61. The van der Waals surface area contributed by atoms with Gasteiger partial charge in [-0.15, -0.1) is 0 Å². The summed E-state index contributed by atoms with van der Waals surface area (Å²) in [5.41, 5.74) is 7.53. The minimum Gasteiger partial charge on any atom is -0.496 e. The first kappa shape index (κ1) is 18.7. The van der Waals surface area contributed by atoms with Crippen LogP contribution in [-0.2, 0) is 17.9 Å². The molecule has 0 radical (unpaired) electrons. The van der Waals surface area contributed by atoms with E-state index in [0.717, 1.165) is 22.0 Å². The fourth-order valence-corrected chi connectivity index (χ4v) is 2.93. The number of amides is 1. The second kappa shape index (κ2) is 7.28. The fourth-order valence-electron chi connectivity index (χ4n) is 2.93. The Labute approximate surface area is 157 Å². The van der Waals surface area contributed by atoms with Crippen LogP contribution in [0.3, 0.4) is 0 Å². The Morgan fingerprint density at radius 2 is 1.96 bits per heavy atom. The summed E-state index contributed by atoms with van der Waals surface area (Å²) in [5.74, 6) is 0.709. The van der Waals surface area contributed by atoms with Gasteiger partial charge in [-0.05, 0) is 37.1 Å². The number of carbonyl (C=O) groups is 1. The molecule has 0 saturated carbocycles. The molecule has 4 N–H and O–H groups in total. The van der Waals surface area contributed by atoms with E-state index < -0.39 is 11.5 Å². The predicted octanol–water partition coefficient (Wildman–Crippen LogP) is 2.06. The second-order valence-electron chi connectivity index (χ2n) is 6.96. The Morgan fingerprint density at radius 3 is 2.67 bits per heavy atom. The van der Waals surface area contributed by atoms with Crippen molar-refractivity contribution in [2.24, 2.45) is 0 Å². The van der Waals surface area contributed by atoms with Crippen molar-refractivity contribution in [1.82, 2.24) is 15.1 Å². The third-order valence-corrected chi connectivity index (χ3v) is 4.32. The lowest BCUT2D eigenvalue weighted by molar-refractivity contribution is -0.136. The first-order chi connectivity index (χ1) is 12.8. The smallest absolute Gasteiger partial charge is 0.251 e. The largest absolute Gasteiger partial charge is 0.496 e. The van der Waals surface area contributed by atoms with Crippen molar-refractivity contribution >= 4 is 22.6 Å². The van der Waals surface area contributed by atoms with Crippen LogP contribution in [0.5, 0.6) is 5.75 Å². The monoisotopic (exact) mass is 368 g/mol. The molecule has 0 atom stereocenters. The predicted molar refractivity (Wildman–Crippen MR) is 104 cm³/mol. The van der Waals surface area contributed by atoms with E-state index in [2.05, 4.69) is 10.4 Å². The van der Waals surface area contributed by atoms with Crippen LogP contribution >= 0.6 is 0 Å². The third kappa shape index (κ3) is 4.03. The van der Waals surface area contributed by atoms with Crippen LogP contribution in [0.1, 0.15) is 25.0 Å². The fraction of sp³-hybridized carbons (Fsp3) is 0.300. The average Bonchev–Trinajstić information content (AvgIpc) is 2.95. The van der Waals surface area contributed by atoms with Crippen molar-refractivity contribution in [3.63, 3.8) is 0 Å². The second-order valence-corrected chi connectivity index (χ2v) is 6.96. The van der Waals surface area contributed by atoms with Gasteiger partial charge in [0, 0.05) is 6.54 Å². The van der Waals surface area contributed by atoms with Gasteiger partial charge in [-0.3, -0.25) is 9.48 Å². The number of nitrogen functional groups attached to an aromatic ring is 1. The van der Waals surface area contributed by atoms with Gasteiger partial charge in [-0.2, -0.15) is 5.10 Å². The lowest BCUT2D eigenvalue weighted by Crippen LogP contribution is -2.41. The normalized spacial score (nSPS) is 11.6. The van der Waals surface area contributed by atoms with E-state index in [9.17, 15) is 9.90 Å². The summed E-state index contributed by atoms with van der Waals surface area (Å²) in [5, 5.41) is 17.7. The van der Waals surface area contributed by atoms with Crippen molar-refractivity contribution in [3.8, 4) is 5.75 Å². The molecule has 1 amide bonds. The van der Waals surface area contributed by atoms with E-state index in [1.807, 2.05) is 47.1 Å². The van der Waals surface area contributed by atoms with Gasteiger partial charge >= 0.3 is 0 Å². The molecule has 0 aliphatic heterocycles. The third-order valence-electron chi connectivity index (χ3n) is 4.32. The Bertz CT molecular complexity index is 973. The van der Waals surface area contributed by atoms with Gasteiger partial charge in [0.15, 0.2) is 5.82 Å². The van der Waals surface area contributed by atoms with Gasteiger partial charge in [0.05, 0.1) is 24.6 Å². The lowest BCUT2D eigenvalue weighted by Gasteiger charge is -2.16. The Kier molecular flexibility index (Phi) is 5.05. The highest BCUT2D eigenvalue weighted by Crippen LogP contribution is 2.30. The van der Waals surface area contributed by atoms with Crippen molar-refractivity contribution in [2.45, 2.75) is 32.5 Å². The Morgan fingerprint density at radius 1 is 1.26 bits per heavy atom. The van der Waals surface area contributed by atoms with Crippen LogP contribution in [-0.4, -0.2) is 33.5 Å². The zero-order valence-electron chi connectivity index (χ0n) is 15.7. The minimum absolute atomic E-state index is 0.340. The number of rotatable bonds is 6. The molecule has 0 unspecified atom stereocenters. The molecule has 0 fully saturated rings. The summed E-state index contributed by atoms with van der Waals surface area (Å²) >= 11 is 0. The number of fused-ring (bicyclic) bond motifs is 1. The zero-order chi connectivity index (χ0) is 19.6. The first-order valence-electron chi connectivity index (χ1n) is 8.67. The van der Waals surface area contributed by atoms with E-state index in [1.165, 1.54) is 13.8 Å². The number of hydrogen-bond acceptors (Lipinski definition) is 5. The van der Waals surface area contributed by atoms with Crippen molar-refractivity contribution in [3.05, 3.63) is 53.6 Å². The number of aliphatic hydroxyl groups is 1. The van der Waals surface area contributed by atoms with Gasteiger partial charge in [0.2, 0.25) is 0 Å². The quantitative estimate of drug-likeness (QED) is 0.618. The van der Waals surface area contributed by atoms with Gasteiger partial charge in [-0.25, -0.2) is 0 Å². The Hall–Kier alpha value is -3.06. The number of methoxy groups -OCH3 is 1. The maximum atomic E-state index is 11.8. The number of carbonyl (C=O) groups excluding carboxylic acids is 1. The molecule has 3 rings (SSSR count). The molecular formula is C20H24N4O3. The topological polar surface area (TPSA) is 102 Å². The SMILES string of the molecule is COc1cccc2c1c(N)nn2Cc1cccc(CNC(=O)C(C)(C)O)c1. The molecular weight excluding hydrogens is 344 g/mol. The minimum atomic E-state index is -1.40. The number of anilines is 1. The number of aromatic nitrogens is 2. The molecule has 142 valence electrons. The number of benzene rings is 2. The van der Waals surface area contributed by atoms with E-state index in [-0.39, 0.29) is 0 Å². The summed E-state index contributed by atoms with van der Waals surface area (Å²) < 4.78 is 7.21. The number of nitrogens with one attached hydrogen (secondary N) is 1. The van der Waals surface area contributed by atoms with E-state index in [4.69, 9.17) is 10.5 Å². The summed E-state index contributed by atoms with van der Waals surface area (Å²) in [6.07, 6.45) is 0. The molecule has 3 aromatic rings. The zero-order valence-corrected chi connectivity index (χ0v) is 15.7. The standard InChI is InChI=1S/C20H24N4O3/c1-20(2,26)19(25)22-11-13-6-4-7-14(10-13)12-24-15-8-5-9-16(27-3)17(15)18(21)23-24/h4-10,26H,11-12H2,1-3H3,(H2,21,23)(H,22,25). The number of hydrogen-bond donors (Lipinski definition) is 3. The number of ether oxygens (including phenoxy) is 1. The van der Waals surface area contributed by atoms with E-state index in [0.29, 0.717) is 24.7 Å². The molecule has 1 heterocycles. The number of nitrogens with two attached hydrogens (primary N) is 1. The molecule has 1 aromatic heterocycles. The molecule has 27 heavy (non-hydrogen) atoms. The van der Waals surface area contributed by atoms with Crippen molar-refractivity contribution in [1.29, 1.82) is 0 Å². The average molecular weight is 368 g/mol. The molecule has 7 nitrogen and oxygen atoms in total. The van der Waals surface area contributed by atoms with Crippen LogP contribution in [0.2, 0.25) is 0 Å². The van der Waals surface area contributed by atoms with Crippen LogP contribution in [0.25, 0.3) is 10.9 Å². The van der Waals surface area contributed by atoms with Gasteiger partial charge in [0.25, 0.3) is 5.91 Å². The number of nitrogens with zero attached hydrogens (tertiary/aromatic N) is 2. The molecule has 0 aliphatic carbocycles. The molecule has 0 bridgehead atoms. The van der Waals surface area contributed by atoms with Crippen LogP contribution in [0.15, 0.2) is 42.5 Å². The maximum absolute atomic E-state index is 11.8. The highest BCUT2D eigenvalue weighted by atomic mass is 16.5. The maximum Gasteiger partial charge on any atom is 0.251 e. The molecule has 2 aromatic carbocycles. The van der Waals surface area contributed by atoms with Crippen molar-refractivity contribution < 1.29 is 14.6 Å². The summed E-state index contributed by atoms with van der Waals surface area (Å²) in [4.78, 5) is 11.8. The molecule has 0 aliphatic rings. The van der Waals surface area contributed by atoms with Gasteiger partial charge in [-0.1, -0.05) is 30.3 Å². The van der Waals surface area contributed by atoms with Crippen LogP contribution in [0, 0.1) is 0 Å². The summed E-state index contributed by atoms with van der Waals surface area (Å²) in [6.45, 7) is 3.79. The molecule has 0 spiro atoms. The van der Waals surface area contributed by atoms with Gasteiger partial charge < -0.3 is 20.9 Å². The van der Waals surface area contributed by atoms with Crippen LogP contribution < -0.4 is 15.8 Å². The Balaban J connectivity index is 1.81. The molecule has 0 saturated heterocycles. The lowest BCUT2D eigenvalue weighted by atomic mass is 10.1. The highest BCUT2D eigenvalue weighted by Gasteiger charge is 2.23. The van der Waals surface area contributed by atoms with Crippen LogP contribution in [0.4, 0.5) is 5.82 Å². The van der Waals surface area contributed by atoms with Gasteiger partial charge in [0.1, 0.15) is 11.4 Å². The summed E-state index contributed by atoms with van der Waals surface area (Å²) in [6, 6.07) is 13.6. The van der Waals surface area contributed by atoms with Crippen molar-refractivity contribution in [2.75, 3.05) is 12.8 Å². The molecule has 7 heteroatoms. The van der Waals surface area contributed by atoms with E-state index in [1.54, 1.807) is 7.11 Å². The van der Waals surface area contributed by atoms with E-state index >= 15 is 0 Å². The first-order valence-corrected chi connectivity index (χ1v) is 8.67. The highest BCUT2D eigenvalue weighted by molar-refractivity contribution is 5.94.